The molecule has 0 bridgehead atoms. The van der Waals surface area contributed by atoms with Crippen LogP contribution in [0.2, 0.25) is 0 Å². The predicted octanol–water partition coefficient (Wildman–Crippen LogP) is 2.58. The smallest absolute Gasteiger partial charge is 0.475 e. The summed E-state index contributed by atoms with van der Waals surface area (Å²) in [6.45, 7) is 3.35. The van der Waals surface area contributed by atoms with Gasteiger partial charge in [-0.25, -0.2) is 4.79 Å². The molecule has 9 heteroatoms. The molecular formula is C18H19F3N4O2. The molecule has 1 aromatic carbocycles. The zero-order valence-corrected chi connectivity index (χ0v) is 14.4. The molecule has 4 rings (SSSR count). The summed E-state index contributed by atoms with van der Waals surface area (Å²) in [6.07, 6.45) is -3.82. The van der Waals surface area contributed by atoms with Crippen LogP contribution in [0.1, 0.15) is 6.42 Å². The second-order valence-corrected chi connectivity index (χ2v) is 6.46. The number of piperidine rings is 1. The number of anilines is 1. The maximum atomic E-state index is 10.6. The topological polar surface area (TPSA) is 78.4 Å². The lowest BCUT2D eigenvalue weighted by molar-refractivity contribution is -0.192. The Morgan fingerprint density at radius 3 is 2.33 bits per heavy atom. The fourth-order valence-corrected chi connectivity index (χ4v) is 3.08. The number of aromatic nitrogens is 2. The molecular weight excluding hydrogens is 361 g/mol. The van der Waals surface area contributed by atoms with Crippen molar-refractivity contribution in [2.24, 2.45) is 5.92 Å². The van der Waals surface area contributed by atoms with Gasteiger partial charge in [0.25, 0.3) is 0 Å². The van der Waals surface area contributed by atoms with Gasteiger partial charge < -0.3 is 15.3 Å². The first-order chi connectivity index (χ1) is 12.8. The summed E-state index contributed by atoms with van der Waals surface area (Å²) in [4.78, 5) is 11.2. The molecule has 0 radical (unpaired) electrons. The Morgan fingerprint density at radius 1 is 1.15 bits per heavy atom. The van der Waals surface area contributed by atoms with Crippen molar-refractivity contribution < 1.29 is 23.1 Å². The summed E-state index contributed by atoms with van der Waals surface area (Å²) in [7, 11) is 0. The van der Waals surface area contributed by atoms with Gasteiger partial charge in [-0.15, -0.1) is 10.2 Å². The Balaban J connectivity index is 0.000000260. The van der Waals surface area contributed by atoms with Gasteiger partial charge in [0, 0.05) is 24.7 Å². The average Bonchev–Trinajstić information content (AvgIpc) is 2.63. The first-order valence-electron chi connectivity index (χ1n) is 8.52. The summed E-state index contributed by atoms with van der Waals surface area (Å²) in [5.41, 5.74) is 2.05. The number of carboxylic acid groups (broad SMARTS) is 1. The molecule has 2 aromatic rings. The zero-order valence-electron chi connectivity index (χ0n) is 14.4. The molecule has 27 heavy (non-hydrogen) atoms. The number of hydrogen-bond donors (Lipinski definition) is 2. The van der Waals surface area contributed by atoms with E-state index in [0.29, 0.717) is 6.04 Å². The lowest BCUT2D eigenvalue weighted by Gasteiger charge is -2.46. The third-order valence-corrected chi connectivity index (χ3v) is 4.68. The van der Waals surface area contributed by atoms with Gasteiger partial charge in [0.1, 0.15) is 0 Å². The van der Waals surface area contributed by atoms with Crippen molar-refractivity contribution in [3.8, 4) is 11.3 Å². The summed E-state index contributed by atoms with van der Waals surface area (Å²) in [5, 5.41) is 19.4. The molecule has 0 amide bonds. The Hall–Kier alpha value is -2.68. The summed E-state index contributed by atoms with van der Waals surface area (Å²) in [6, 6.07) is 15.0. The van der Waals surface area contributed by atoms with E-state index in [4.69, 9.17) is 9.90 Å². The van der Waals surface area contributed by atoms with E-state index >= 15 is 0 Å². The molecule has 6 nitrogen and oxygen atoms in total. The molecule has 144 valence electrons. The minimum absolute atomic E-state index is 0.652. The van der Waals surface area contributed by atoms with Gasteiger partial charge >= 0.3 is 12.1 Å². The van der Waals surface area contributed by atoms with Crippen LogP contribution >= 0.6 is 0 Å². The molecule has 2 aliphatic rings. The highest BCUT2D eigenvalue weighted by Gasteiger charge is 2.38. The average molecular weight is 380 g/mol. The molecule has 2 saturated heterocycles. The molecule has 0 aliphatic carbocycles. The summed E-state index contributed by atoms with van der Waals surface area (Å²) >= 11 is 0. The van der Waals surface area contributed by atoms with Crippen molar-refractivity contribution in [3.05, 3.63) is 42.5 Å². The number of benzene rings is 1. The predicted molar refractivity (Wildman–Crippen MR) is 93.3 cm³/mol. The highest BCUT2D eigenvalue weighted by atomic mass is 19.4. The van der Waals surface area contributed by atoms with Gasteiger partial charge in [-0.1, -0.05) is 30.3 Å². The molecule has 2 aliphatic heterocycles. The monoisotopic (exact) mass is 380 g/mol. The van der Waals surface area contributed by atoms with Gasteiger partial charge in [-0.3, -0.25) is 0 Å². The molecule has 2 atom stereocenters. The van der Waals surface area contributed by atoms with Gasteiger partial charge in [0.15, 0.2) is 5.82 Å². The van der Waals surface area contributed by atoms with E-state index in [0.717, 1.165) is 36.1 Å². The fraction of sp³-hybridized carbons (Fsp3) is 0.389. The van der Waals surface area contributed by atoms with Crippen molar-refractivity contribution in [1.82, 2.24) is 15.5 Å². The number of nitrogens with zero attached hydrogens (tertiary/aromatic N) is 3. The number of halogens is 3. The largest absolute Gasteiger partial charge is 0.490 e. The van der Waals surface area contributed by atoms with E-state index in [1.807, 2.05) is 18.2 Å². The normalized spacial score (nSPS) is 21.4. The lowest BCUT2D eigenvalue weighted by Crippen LogP contribution is -2.62. The van der Waals surface area contributed by atoms with Gasteiger partial charge in [0.2, 0.25) is 0 Å². The van der Waals surface area contributed by atoms with Crippen molar-refractivity contribution in [2.75, 3.05) is 24.5 Å². The second-order valence-electron chi connectivity index (χ2n) is 6.46. The molecule has 3 heterocycles. The number of aliphatic carboxylic acids is 1. The standard InChI is InChI=1S/C16H18N4.C2HF3O2/c1-2-4-12(5-3-1)14-6-7-16(19-18-14)20-9-8-13-10-17-15(13)11-20;3-2(4,5)1(6)7/h1-7,13,15,17H,8-11H2;(H,6,7). The molecule has 2 unspecified atom stereocenters. The van der Waals surface area contributed by atoms with Crippen LogP contribution in [0, 0.1) is 5.92 Å². The fourth-order valence-electron chi connectivity index (χ4n) is 3.08. The van der Waals surface area contributed by atoms with Crippen LogP contribution < -0.4 is 10.2 Å². The molecule has 1 aromatic heterocycles. The number of alkyl halides is 3. The quantitative estimate of drug-likeness (QED) is 0.834. The molecule has 0 saturated carbocycles. The van der Waals surface area contributed by atoms with Crippen molar-refractivity contribution in [1.29, 1.82) is 0 Å². The van der Waals surface area contributed by atoms with Gasteiger partial charge in [-0.05, 0) is 31.0 Å². The first-order valence-corrected chi connectivity index (χ1v) is 8.52. The SMILES string of the molecule is O=C(O)C(F)(F)F.c1ccc(-c2ccc(N3CCC4CNC4C3)nn2)cc1. The Bertz CT molecular complexity index is 768. The van der Waals surface area contributed by atoms with E-state index in [9.17, 15) is 13.2 Å². The summed E-state index contributed by atoms with van der Waals surface area (Å²) in [5.74, 6) is -0.882. The minimum Gasteiger partial charge on any atom is -0.475 e. The van der Waals surface area contributed by atoms with E-state index in [-0.39, 0.29) is 0 Å². The van der Waals surface area contributed by atoms with Crippen LogP contribution in [-0.2, 0) is 4.79 Å². The van der Waals surface area contributed by atoms with Crippen LogP contribution in [-0.4, -0.2) is 53.1 Å². The number of rotatable bonds is 2. The second kappa shape index (κ2) is 7.91. The minimum atomic E-state index is -5.08. The Kier molecular flexibility index (Phi) is 5.59. The van der Waals surface area contributed by atoms with E-state index < -0.39 is 12.1 Å². The third-order valence-electron chi connectivity index (χ3n) is 4.68. The maximum Gasteiger partial charge on any atom is 0.490 e. The van der Waals surface area contributed by atoms with Crippen LogP contribution in [0.15, 0.2) is 42.5 Å². The van der Waals surface area contributed by atoms with Crippen molar-refractivity contribution in [3.63, 3.8) is 0 Å². The Morgan fingerprint density at radius 2 is 1.85 bits per heavy atom. The Labute approximate surface area is 154 Å². The van der Waals surface area contributed by atoms with Crippen LogP contribution in [0.25, 0.3) is 11.3 Å². The number of fused-ring (bicyclic) bond motifs is 1. The number of hydrogen-bond acceptors (Lipinski definition) is 5. The van der Waals surface area contributed by atoms with Crippen molar-refractivity contribution >= 4 is 11.8 Å². The summed E-state index contributed by atoms with van der Waals surface area (Å²) < 4.78 is 31.7. The van der Waals surface area contributed by atoms with Crippen molar-refractivity contribution in [2.45, 2.75) is 18.6 Å². The van der Waals surface area contributed by atoms with Gasteiger partial charge in [-0.2, -0.15) is 13.2 Å². The molecule has 0 spiro atoms. The van der Waals surface area contributed by atoms with Gasteiger partial charge in [0.05, 0.1) is 5.69 Å². The van der Waals surface area contributed by atoms with Crippen LogP contribution in [0.4, 0.5) is 19.0 Å². The maximum absolute atomic E-state index is 10.6. The van der Waals surface area contributed by atoms with Crippen LogP contribution in [0.3, 0.4) is 0 Å². The van der Waals surface area contributed by atoms with E-state index in [1.54, 1.807) is 0 Å². The number of nitrogens with one attached hydrogen (secondary N) is 1. The zero-order chi connectivity index (χ0) is 19.4. The third kappa shape index (κ3) is 4.73. The molecule has 2 N–H and O–H groups in total. The van der Waals surface area contributed by atoms with E-state index in [2.05, 4.69) is 44.7 Å². The highest BCUT2D eigenvalue weighted by Crippen LogP contribution is 2.27. The van der Waals surface area contributed by atoms with Crippen LogP contribution in [0.5, 0.6) is 0 Å². The lowest BCUT2D eigenvalue weighted by atomic mass is 9.85. The highest BCUT2D eigenvalue weighted by molar-refractivity contribution is 5.73. The van der Waals surface area contributed by atoms with E-state index in [1.165, 1.54) is 13.0 Å². The molecule has 2 fully saturated rings. The first kappa shape index (κ1) is 19.1. The number of carbonyl (C=O) groups is 1. The number of carboxylic acids is 1.